The molecule has 1 fully saturated rings. The van der Waals surface area contributed by atoms with Crippen molar-refractivity contribution in [1.82, 2.24) is 0 Å². The van der Waals surface area contributed by atoms with Gasteiger partial charge in [0.15, 0.2) is 0 Å². The molecular formula is C12H17NO. The third-order valence-corrected chi connectivity index (χ3v) is 2.77. The monoisotopic (exact) mass is 191 g/mol. The predicted octanol–water partition coefficient (Wildman–Crippen LogP) is 1.68. The van der Waals surface area contributed by atoms with E-state index in [-0.39, 0.29) is 6.61 Å². The molecular weight excluding hydrogens is 174 g/mol. The molecule has 1 saturated heterocycles. The van der Waals surface area contributed by atoms with Gasteiger partial charge in [-0.1, -0.05) is 19.1 Å². The van der Waals surface area contributed by atoms with Gasteiger partial charge >= 0.3 is 0 Å². The minimum atomic E-state index is 0.236. The van der Waals surface area contributed by atoms with Crippen molar-refractivity contribution in [3.63, 3.8) is 0 Å². The van der Waals surface area contributed by atoms with Gasteiger partial charge in [-0.3, -0.25) is 0 Å². The standard InChI is InChI=1S/C12H17NO/c1-10-8-13(9-10)12-4-2-11(3-5-12)6-7-14/h2-5,10,14H,6-9H2,1H3. The number of aliphatic hydroxyl groups is 1. The van der Waals surface area contributed by atoms with E-state index in [0.29, 0.717) is 0 Å². The zero-order valence-corrected chi connectivity index (χ0v) is 8.61. The number of aliphatic hydroxyl groups excluding tert-OH is 1. The third-order valence-electron chi connectivity index (χ3n) is 2.77. The predicted molar refractivity (Wildman–Crippen MR) is 58.6 cm³/mol. The zero-order chi connectivity index (χ0) is 9.97. The molecule has 0 spiro atoms. The molecule has 0 unspecified atom stereocenters. The van der Waals surface area contributed by atoms with Crippen molar-refractivity contribution >= 4 is 5.69 Å². The lowest BCUT2D eigenvalue weighted by atomic mass is 10.0. The van der Waals surface area contributed by atoms with E-state index in [2.05, 4.69) is 36.1 Å². The summed E-state index contributed by atoms with van der Waals surface area (Å²) in [4.78, 5) is 2.38. The van der Waals surface area contributed by atoms with Crippen molar-refractivity contribution < 1.29 is 5.11 Å². The van der Waals surface area contributed by atoms with Crippen LogP contribution in [0.2, 0.25) is 0 Å². The molecule has 0 aromatic heterocycles. The average Bonchev–Trinajstić information content (AvgIpc) is 2.15. The van der Waals surface area contributed by atoms with E-state index in [4.69, 9.17) is 5.11 Å². The third kappa shape index (κ3) is 1.90. The molecule has 0 saturated carbocycles. The van der Waals surface area contributed by atoms with Gasteiger partial charge in [-0.2, -0.15) is 0 Å². The van der Waals surface area contributed by atoms with Crippen LogP contribution in [0.3, 0.4) is 0 Å². The van der Waals surface area contributed by atoms with Gasteiger partial charge in [-0.05, 0) is 30.0 Å². The second-order valence-electron chi connectivity index (χ2n) is 4.15. The Morgan fingerprint density at radius 2 is 1.93 bits per heavy atom. The summed E-state index contributed by atoms with van der Waals surface area (Å²) in [6.45, 7) is 4.87. The number of hydrogen-bond acceptors (Lipinski definition) is 2. The Kier molecular flexibility index (Phi) is 2.73. The Morgan fingerprint density at radius 3 is 2.43 bits per heavy atom. The van der Waals surface area contributed by atoms with Crippen molar-refractivity contribution in [2.75, 3.05) is 24.6 Å². The van der Waals surface area contributed by atoms with Crippen molar-refractivity contribution in [2.45, 2.75) is 13.3 Å². The Hall–Kier alpha value is -1.02. The molecule has 2 nitrogen and oxygen atoms in total. The van der Waals surface area contributed by atoms with Crippen LogP contribution in [0.1, 0.15) is 12.5 Å². The summed E-state index contributed by atoms with van der Waals surface area (Å²) in [6.07, 6.45) is 0.761. The van der Waals surface area contributed by atoms with Crippen LogP contribution < -0.4 is 4.90 Å². The van der Waals surface area contributed by atoms with E-state index in [1.807, 2.05) is 0 Å². The summed E-state index contributed by atoms with van der Waals surface area (Å²) in [7, 11) is 0. The first-order valence-corrected chi connectivity index (χ1v) is 5.24. The highest BCUT2D eigenvalue weighted by molar-refractivity contribution is 5.49. The van der Waals surface area contributed by atoms with Crippen molar-refractivity contribution in [3.05, 3.63) is 29.8 Å². The fraction of sp³-hybridized carbons (Fsp3) is 0.500. The van der Waals surface area contributed by atoms with E-state index < -0.39 is 0 Å². The summed E-state index contributed by atoms with van der Waals surface area (Å²) >= 11 is 0. The van der Waals surface area contributed by atoms with Crippen LogP contribution in [0.15, 0.2) is 24.3 Å². The molecule has 0 radical (unpaired) electrons. The Morgan fingerprint density at radius 1 is 1.29 bits per heavy atom. The molecule has 1 N–H and O–H groups in total. The molecule has 1 aromatic carbocycles. The summed E-state index contributed by atoms with van der Waals surface area (Å²) in [5, 5.41) is 8.78. The molecule has 1 aromatic rings. The topological polar surface area (TPSA) is 23.5 Å². The normalized spacial score (nSPS) is 16.9. The minimum absolute atomic E-state index is 0.236. The SMILES string of the molecule is CC1CN(c2ccc(CCO)cc2)C1. The molecule has 14 heavy (non-hydrogen) atoms. The zero-order valence-electron chi connectivity index (χ0n) is 8.61. The fourth-order valence-corrected chi connectivity index (χ4v) is 1.91. The van der Waals surface area contributed by atoms with Gasteiger partial charge in [0.05, 0.1) is 0 Å². The molecule has 2 rings (SSSR count). The second-order valence-corrected chi connectivity index (χ2v) is 4.15. The average molecular weight is 191 g/mol. The van der Waals surface area contributed by atoms with Gasteiger partial charge in [-0.25, -0.2) is 0 Å². The molecule has 76 valence electrons. The van der Waals surface area contributed by atoms with Crippen molar-refractivity contribution in [2.24, 2.45) is 5.92 Å². The molecule has 0 bridgehead atoms. The number of rotatable bonds is 3. The van der Waals surface area contributed by atoms with Crippen LogP contribution in [0.5, 0.6) is 0 Å². The molecule has 2 heteroatoms. The van der Waals surface area contributed by atoms with E-state index in [1.54, 1.807) is 0 Å². The largest absolute Gasteiger partial charge is 0.396 e. The van der Waals surface area contributed by atoms with Gasteiger partial charge in [0, 0.05) is 25.4 Å². The molecule has 0 amide bonds. The highest BCUT2D eigenvalue weighted by Crippen LogP contribution is 2.24. The van der Waals surface area contributed by atoms with E-state index in [1.165, 1.54) is 24.3 Å². The number of benzene rings is 1. The van der Waals surface area contributed by atoms with Crippen LogP contribution >= 0.6 is 0 Å². The smallest absolute Gasteiger partial charge is 0.0471 e. The van der Waals surface area contributed by atoms with Gasteiger partial charge in [0.2, 0.25) is 0 Å². The first-order chi connectivity index (χ1) is 6.79. The lowest BCUT2D eigenvalue weighted by Crippen LogP contribution is -2.45. The summed E-state index contributed by atoms with van der Waals surface area (Å²) in [5.74, 6) is 0.840. The second kappa shape index (κ2) is 4.01. The van der Waals surface area contributed by atoms with Crippen molar-refractivity contribution in [3.8, 4) is 0 Å². The van der Waals surface area contributed by atoms with Crippen LogP contribution in [0.4, 0.5) is 5.69 Å². The lowest BCUT2D eigenvalue weighted by molar-refractivity contribution is 0.299. The summed E-state index contributed by atoms with van der Waals surface area (Å²) in [5.41, 5.74) is 2.52. The van der Waals surface area contributed by atoms with Crippen LogP contribution in [0.25, 0.3) is 0 Å². The van der Waals surface area contributed by atoms with E-state index in [9.17, 15) is 0 Å². The summed E-state index contributed by atoms with van der Waals surface area (Å²) < 4.78 is 0. The number of anilines is 1. The highest BCUT2D eigenvalue weighted by atomic mass is 16.2. The molecule has 1 aliphatic heterocycles. The van der Waals surface area contributed by atoms with Crippen LogP contribution in [0, 0.1) is 5.92 Å². The molecule has 0 aliphatic carbocycles. The fourth-order valence-electron chi connectivity index (χ4n) is 1.91. The van der Waals surface area contributed by atoms with Gasteiger partial charge in [0.1, 0.15) is 0 Å². The maximum Gasteiger partial charge on any atom is 0.0471 e. The summed E-state index contributed by atoms with van der Waals surface area (Å²) in [6, 6.07) is 8.51. The Labute approximate surface area is 85.2 Å². The van der Waals surface area contributed by atoms with Gasteiger partial charge in [-0.15, -0.1) is 0 Å². The first kappa shape index (κ1) is 9.53. The Bertz CT molecular complexity index is 288. The highest BCUT2D eigenvalue weighted by Gasteiger charge is 2.22. The maximum absolute atomic E-state index is 8.78. The number of nitrogens with zero attached hydrogens (tertiary/aromatic N) is 1. The Balaban J connectivity index is 1.99. The van der Waals surface area contributed by atoms with Crippen LogP contribution in [-0.4, -0.2) is 24.8 Å². The lowest BCUT2D eigenvalue weighted by Gasteiger charge is -2.39. The van der Waals surface area contributed by atoms with E-state index >= 15 is 0 Å². The first-order valence-electron chi connectivity index (χ1n) is 5.24. The minimum Gasteiger partial charge on any atom is -0.396 e. The van der Waals surface area contributed by atoms with Crippen molar-refractivity contribution in [1.29, 1.82) is 0 Å². The molecule has 1 aliphatic rings. The maximum atomic E-state index is 8.78. The van der Waals surface area contributed by atoms with Crippen LogP contribution in [-0.2, 0) is 6.42 Å². The molecule has 1 heterocycles. The van der Waals surface area contributed by atoms with Gasteiger partial charge in [0.25, 0.3) is 0 Å². The van der Waals surface area contributed by atoms with E-state index in [0.717, 1.165) is 12.3 Å². The van der Waals surface area contributed by atoms with Gasteiger partial charge < -0.3 is 10.0 Å². The quantitative estimate of drug-likeness (QED) is 0.785. The molecule has 0 atom stereocenters. The number of hydrogen-bond donors (Lipinski definition) is 1.